The number of phenolic OH excluding ortho intramolecular Hbond substituents is 1. The molecule has 5 nitrogen and oxygen atoms in total. The standard InChI is InChI=1S/C17H14BrN3O2/c1-11-16(10-19-13-4-8-15(22)9-5-13)17(23)21(20-11)14-6-2-12(18)3-7-14/h2-10,20,22H,1H3. The molecule has 1 aromatic heterocycles. The van der Waals surface area contributed by atoms with E-state index >= 15 is 0 Å². The van der Waals surface area contributed by atoms with Crippen LogP contribution >= 0.6 is 15.9 Å². The smallest absolute Gasteiger partial charge is 0.280 e. The molecule has 0 radical (unpaired) electrons. The van der Waals surface area contributed by atoms with Gasteiger partial charge in [0.05, 0.1) is 16.9 Å². The summed E-state index contributed by atoms with van der Waals surface area (Å²) in [5.41, 5.74) is 2.50. The zero-order valence-electron chi connectivity index (χ0n) is 12.3. The Balaban J connectivity index is 1.96. The summed E-state index contributed by atoms with van der Waals surface area (Å²) in [5.74, 6) is 0.180. The van der Waals surface area contributed by atoms with Gasteiger partial charge in [-0.05, 0) is 55.5 Å². The first-order valence-corrected chi connectivity index (χ1v) is 7.74. The third-order valence-corrected chi connectivity index (χ3v) is 3.92. The van der Waals surface area contributed by atoms with Gasteiger partial charge < -0.3 is 5.11 Å². The number of H-pyrrole nitrogens is 1. The molecule has 0 aliphatic carbocycles. The molecular weight excluding hydrogens is 358 g/mol. The number of halogens is 1. The fourth-order valence-corrected chi connectivity index (χ4v) is 2.43. The van der Waals surface area contributed by atoms with Crippen LogP contribution in [0.2, 0.25) is 0 Å². The highest BCUT2D eigenvalue weighted by atomic mass is 79.9. The minimum atomic E-state index is -0.160. The van der Waals surface area contributed by atoms with Gasteiger partial charge in [-0.1, -0.05) is 15.9 Å². The third kappa shape index (κ3) is 3.27. The first kappa shape index (κ1) is 15.3. The lowest BCUT2D eigenvalue weighted by molar-refractivity contribution is 0.475. The van der Waals surface area contributed by atoms with Gasteiger partial charge in [0.2, 0.25) is 0 Å². The molecule has 0 unspecified atom stereocenters. The summed E-state index contributed by atoms with van der Waals surface area (Å²) in [6, 6.07) is 13.9. The summed E-state index contributed by atoms with van der Waals surface area (Å²) in [5, 5.41) is 12.3. The second-order valence-electron chi connectivity index (χ2n) is 5.04. The highest BCUT2D eigenvalue weighted by molar-refractivity contribution is 9.10. The maximum absolute atomic E-state index is 12.5. The lowest BCUT2D eigenvalue weighted by Gasteiger charge is -2.00. The Bertz CT molecular complexity index is 907. The first-order chi connectivity index (χ1) is 11.0. The van der Waals surface area contributed by atoms with E-state index in [0.717, 1.165) is 15.9 Å². The van der Waals surface area contributed by atoms with Crippen LogP contribution in [0.4, 0.5) is 5.69 Å². The summed E-state index contributed by atoms with van der Waals surface area (Å²) in [6.07, 6.45) is 1.54. The van der Waals surface area contributed by atoms with Gasteiger partial charge in [-0.3, -0.25) is 14.9 Å². The highest BCUT2D eigenvalue weighted by Gasteiger charge is 2.10. The van der Waals surface area contributed by atoms with E-state index < -0.39 is 0 Å². The van der Waals surface area contributed by atoms with Gasteiger partial charge in [-0.15, -0.1) is 0 Å². The van der Waals surface area contributed by atoms with Crippen LogP contribution in [0.15, 0.2) is 62.8 Å². The molecule has 0 amide bonds. The van der Waals surface area contributed by atoms with Crippen molar-refractivity contribution in [2.24, 2.45) is 4.99 Å². The van der Waals surface area contributed by atoms with Crippen molar-refractivity contribution in [2.45, 2.75) is 6.92 Å². The molecule has 3 rings (SSSR count). The molecule has 0 bridgehead atoms. The summed E-state index contributed by atoms with van der Waals surface area (Å²) < 4.78 is 2.44. The maximum Gasteiger partial charge on any atom is 0.280 e. The van der Waals surface area contributed by atoms with Gasteiger partial charge in [-0.25, -0.2) is 4.68 Å². The third-order valence-electron chi connectivity index (χ3n) is 3.39. The van der Waals surface area contributed by atoms with E-state index in [9.17, 15) is 9.90 Å². The normalized spacial score (nSPS) is 11.2. The topological polar surface area (TPSA) is 70.4 Å². The molecule has 116 valence electrons. The fourth-order valence-electron chi connectivity index (χ4n) is 2.16. The zero-order valence-corrected chi connectivity index (χ0v) is 13.9. The Hall–Kier alpha value is -2.60. The summed E-state index contributed by atoms with van der Waals surface area (Å²) in [6.45, 7) is 1.83. The largest absolute Gasteiger partial charge is 0.508 e. The molecule has 23 heavy (non-hydrogen) atoms. The molecule has 2 aromatic carbocycles. The number of nitrogens with one attached hydrogen (secondary N) is 1. The van der Waals surface area contributed by atoms with Crippen molar-refractivity contribution in [3.05, 3.63) is 74.6 Å². The summed E-state index contributed by atoms with van der Waals surface area (Å²) >= 11 is 3.38. The van der Waals surface area contributed by atoms with Crippen molar-refractivity contribution >= 4 is 27.8 Å². The number of aromatic amines is 1. The van der Waals surface area contributed by atoms with E-state index in [1.807, 2.05) is 31.2 Å². The molecule has 2 N–H and O–H groups in total. The van der Waals surface area contributed by atoms with Crippen molar-refractivity contribution in [1.82, 2.24) is 9.78 Å². The van der Waals surface area contributed by atoms with Crippen LogP contribution in [0, 0.1) is 6.92 Å². The average Bonchev–Trinajstić information content (AvgIpc) is 2.82. The number of aromatic hydroxyl groups is 1. The highest BCUT2D eigenvalue weighted by Crippen LogP contribution is 2.17. The van der Waals surface area contributed by atoms with Crippen molar-refractivity contribution in [3.8, 4) is 11.4 Å². The predicted octanol–water partition coefficient (Wildman–Crippen LogP) is 3.69. The van der Waals surface area contributed by atoms with E-state index in [1.165, 1.54) is 10.9 Å². The lowest BCUT2D eigenvalue weighted by Crippen LogP contribution is -2.17. The molecule has 0 spiro atoms. The van der Waals surface area contributed by atoms with Gasteiger partial charge in [0.1, 0.15) is 5.75 Å². The number of phenols is 1. The van der Waals surface area contributed by atoms with Gasteiger partial charge >= 0.3 is 0 Å². The molecule has 6 heteroatoms. The van der Waals surface area contributed by atoms with E-state index in [-0.39, 0.29) is 11.3 Å². The second kappa shape index (κ2) is 6.26. The number of nitrogens with zero attached hydrogens (tertiary/aromatic N) is 2. The minimum absolute atomic E-state index is 0.160. The van der Waals surface area contributed by atoms with Crippen LogP contribution < -0.4 is 5.56 Å². The Morgan fingerprint density at radius 1 is 1.13 bits per heavy atom. The molecule has 0 aliphatic heterocycles. The number of aliphatic imine (C=N–C) groups is 1. The number of benzene rings is 2. The van der Waals surface area contributed by atoms with E-state index in [2.05, 4.69) is 26.0 Å². The van der Waals surface area contributed by atoms with Crippen LogP contribution in [-0.4, -0.2) is 21.1 Å². The quantitative estimate of drug-likeness (QED) is 0.689. The molecule has 0 fully saturated rings. The molecule has 0 saturated carbocycles. The number of hydrogen-bond donors (Lipinski definition) is 2. The Morgan fingerprint density at radius 2 is 1.78 bits per heavy atom. The van der Waals surface area contributed by atoms with Crippen molar-refractivity contribution in [3.63, 3.8) is 0 Å². The van der Waals surface area contributed by atoms with Crippen LogP contribution in [-0.2, 0) is 0 Å². The van der Waals surface area contributed by atoms with Crippen molar-refractivity contribution in [1.29, 1.82) is 0 Å². The second-order valence-corrected chi connectivity index (χ2v) is 5.96. The number of hydrogen-bond acceptors (Lipinski definition) is 3. The van der Waals surface area contributed by atoms with Crippen molar-refractivity contribution < 1.29 is 5.11 Å². The zero-order chi connectivity index (χ0) is 16.4. The van der Waals surface area contributed by atoms with E-state index in [1.54, 1.807) is 24.3 Å². The summed E-state index contributed by atoms with van der Waals surface area (Å²) in [7, 11) is 0. The van der Waals surface area contributed by atoms with Gasteiger partial charge in [0.15, 0.2) is 0 Å². The van der Waals surface area contributed by atoms with Crippen LogP contribution in [0.3, 0.4) is 0 Å². The van der Waals surface area contributed by atoms with Crippen molar-refractivity contribution in [2.75, 3.05) is 0 Å². The molecule has 0 aliphatic rings. The SMILES string of the molecule is Cc1[nH]n(-c2ccc(Br)cc2)c(=O)c1C=Nc1ccc(O)cc1. The number of rotatable bonds is 3. The van der Waals surface area contributed by atoms with E-state index in [4.69, 9.17) is 0 Å². The lowest BCUT2D eigenvalue weighted by atomic mass is 10.2. The predicted molar refractivity (Wildman–Crippen MR) is 94.2 cm³/mol. The monoisotopic (exact) mass is 371 g/mol. The molecule has 0 saturated heterocycles. The minimum Gasteiger partial charge on any atom is -0.508 e. The Kier molecular flexibility index (Phi) is 4.16. The van der Waals surface area contributed by atoms with Gasteiger partial charge in [0.25, 0.3) is 5.56 Å². The Labute approximate surface area is 141 Å². The maximum atomic E-state index is 12.5. The number of aryl methyl sites for hydroxylation is 1. The van der Waals surface area contributed by atoms with Crippen LogP contribution in [0.1, 0.15) is 11.3 Å². The fraction of sp³-hybridized carbons (Fsp3) is 0.0588. The first-order valence-electron chi connectivity index (χ1n) is 6.95. The van der Waals surface area contributed by atoms with Crippen LogP contribution in [0.5, 0.6) is 5.75 Å². The Morgan fingerprint density at radius 3 is 2.43 bits per heavy atom. The van der Waals surface area contributed by atoms with Gasteiger partial charge in [-0.2, -0.15) is 0 Å². The molecule has 1 heterocycles. The van der Waals surface area contributed by atoms with Crippen LogP contribution in [0.25, 0.3) is 5.69 Å². The average molecular weight is 372 g/mol. The number of aromatic nitrogens is 2. The molecule has 3 aromatic rings. The molecule has 0 atom stereocenters. The van der Waals surface area contributed by atoms with E-state index in [0.29, 0.717) is 11.3 Å². The summed E-state index contributed by atoms with van der Waals surface area (Å²) in [4.78, 5) is 16.8. The molecular formula is C17H14BrN3O2. The van der Waals surface area contributed by atoms with Gasteiger partial charge in [0, 0.05) is 16.4 Å².